The van der Waals surface area contributed by atoms with E-state index in [1.807, 2.05) is 35.2 Å². The topological polar surface area (TPSA) is 40.1 Å². The van der Waals surface area contributed by atoms with Crippen LogP contribution in [0.1, 0.15) is 4.17 Å². The van der Waals surface area contributed by atoms with Crippen LogP contribution in [0, 0.1) is 5.53 Å². The van der Waals surface area contributed by atoms with Gasteiger partial charge in [0.2, 0.25) is 0 Å². The largest absolute Gasteiger partial charge is 0.317 e. The van der Waals surface area contributed by atoms with Crippen molar-refractivity contribution in [3.8, 4) is 0 Å². The Kier molecular flexibility index (Phi) is 2.73. The maximum atomic E-state index is 6.74. The zero-order valence-corrected chi connectivity index (χ0v) is 7.39. The first-order chi connectivity index (χ1) is 4.84. The number of hydrogen-bond donors (Lipinski definition) is 1. The molecule has 1 unspecified atom stereocenters. The number of nitrogens with one attached hydrogen (secondary N) is 1. The molecule has 52 valence electrons. The molecule has 4 heteroatoms. The van der Waals surface area contributed by atoms with Gasteiger partial charge in [-0.05, 0) is 0 Å². The molecular weight excluding hydrogens is 241 g/mol. The smallest absolute Gasteiger partial charge is 0.203 e. The first kappa shape index (κ1) is 7.59. The van der Waals surface area contributed by atoms with Crippen LogP contribution >= 0.6 is 22.6 Å². The molecule has 0 radical (unpaired) electrons. The van der Waals surface area contributed by atoms with E-state index in [4.69, 9.17) is 5.53 Å². The Bertz CT molecular complexity index is 211. The third kappa shape index (κ3) is 1.73. The highest BCUT2D eigenvalue weighted by atomic mass is 127. The predicted molar refractivity (Wildman–Crippen MR) is 44.8 cm³/mol. The summed E-state index contributed by atoms with van der Waals surface area (Å²) >= 11 is 2.08. The molecule has 1 aromatic rings. The Morgan fingerprint density at radius 1 is 1.30 bits per heavy atom. The van der Waals surface area contributed by atoms with Gasteiger partial charge in [0, 0.05) is 34.7 Å². The molecule has 3 nitrogen and oxygen atoms in total. The number of rotatable bonds is 2. The van der Waals surface area contributed by atoms with Gasteiger partial charge in [0.25, 0.3) is 0 Å². The fourth-order valence-corrected chi connectivity index (χ4v) is 0.992. The minimum Gasteiger partial charge on any atom is -0.203 e. The second-order valence-corrected chi connectivity index (χ2v) is 2.88. The highest BCUT2D eigenvalue weighted by Crippen LogP contribution is 2.06. The van der Waals surface area contributed by atoms with Gasteiger partial charge < -0.3 is 0 Å². The minimum absolute atomic E-state index is 0.112. The Hall–Kier alpha value is -0.520. The van der Waals surface area contributed by atoms with E-state index < -0.39 is 0 Å². The summed E-state index contributed by atoms with van der Waals surface area (Å²) in [5.74, 6) is 0. The van der Waals surface area contributed by atoms with Gasteiger partial charge in [0.05, 0.1) is 0 Å². The molecule has 0 aliphatic carbocycles. The van der Waals surface area contributed by atoms with Gasteiger partial charge in [-0.15, -0.1) is 5.11 Å². The monoisotopic (exact) mass is 248 g/mol. The molecule has 0 saturated carbocycles. The van der Waals surface area contributed by atoms with Crippen LogP contribution in [0.25, 0.3) is 0 Å². The fourth-order valence-electron chi connectivity index (χ4n) is 0.621. The van der Waals surface area contributed by atoms with E-state index >= 15 is 0 Å². The number of nitrogens with zero attached hydrogens (tertiary/aromatic N) is 2. The van der Waals surface area contributed by atoms with E-state index in [9.17, 15) is 0 Å². The Morgan fingerprint density at radius 3 is 2.40 bits per heavy atom. The summed E-state index contributed by atoms with van der Waals surface area (Å²) in [7, 11) is 0. The second kappa shape index (κ2) is 3.60. The second-order valence-electron chi connectivity index (χ2n) is 1.76. The molecule has 0 aliphatic rings. The lowest BCUT2D eigenvalue weighted by Crippen LogP contribution is -2.33. The number of halogens is 1. The maximum Gasteiger partial charge on any atom is 0.317 e. The fraction of sp³-hybridized carbons (Fsp3) is 0.167. The molecule has 0 bridgehead atoms. The lowest BCUT2D eigenvalue weighted by atomic mass is 10.5. The first-order valence-corrected chi connectivity index (χ1v) is 4.05. The number of alkyl halides is 1. The van der Waals surface area contributed by atoms with Crippen molar-refractivity contribution in [2.45, 2.75) is 4.17 Å². The summed E-state index contributed by atoms with van der Waals surface area (Å²) in [6.07, 6.45) is 3.77. The van der Waals surface area contributed by atoms with Crippen molar-refractivity contribution in [2.24, 2.45) is 5.11 Å². The molecule has 1 aromatic heterocycles. The van der Waals surface area contributed by atoms with Crippen LogP contribution in [-0.2, 0) is 0 Å². The summed E-state index contributed by atoms with van der Waals surface area (Å²) in [6.45, 7) is 0. The molecule has 0 amide bonds. The maximum absolute atomic E-state index is 6.74. The van der Waals surface area contributed by atoms with Gasteiger partial charge in [-0.1, -0.05) is 6.07 Å². The Morgan fingerprint density at radius 2 is 1.90 bits per heavy atom. The van der Waals surface area contributed by atoms with Crippen molar-refractivity contribution < 1.29 is 4.57 Å². The van der Waals surface area contributed by atoms with Crippen molar-refractivity contribution in [3.63, 3.8) is 0 Å². The zero-order chi connectivity index (χ0) is 7.40. The van der Waals surface area contributed by atoms with E-state index in [1.165, 1.54) is 0 Å². The molecule has 0 aromatic carbocycles. The third-order valence-corrected chi connectivity index (χ3v) is 2.01. The van der Waals surface area contributed by atoms with Crippen LogP contribution in [-0.4, -0.2) is 0 Å². The van der Waals surface area contributed by atoms with Crippen molar-refractivity contribution >= 4 is 22.6 Å². The van der Waals surface area contributed by atoms with Crippen LogP contribution in [0.4, 0.5) is 0 Å². The molecule has 10 heavy (non-hydrogen) atoms. The van der Waals surface area contributed by atoms with Crippen LogP contribution in [0.5, 0.6) is 0 Å². The highest BCUT2D eigenvalue weighted by molar-refractivity contribution is 14.1. The standard InChI is InChI=1S/C6H7IN3/c7-6(9-8)10-4-2-1-3-5-10/h1-6,8H/q+1. The summed E-state index contributed by atoms with van der Waals surface area (Å²) in [4.78, 5) is 0. The highest BCUT2D eigenvalue weighted by Gasteiger charge is 2.08. The molecule has 1 rings (SSSR count). The van der Waals surface area contributed by atoms with Crippen molar-refractivity contribution in [3.05, 3.63) is 30.6 Å². The van der Waals surface area contributed by atoms with Gasteiger partial charge in [-0.3, -0.25) is 0 Å². The average molecular weight is 248 g/mol. The molecular formula is C6H7IN3+. The Labute approximate surface area is 72.7 Å². The summed E-state index contributed by atoms with van der Waals surface area (Å²) in [5, 5.41) is 3.36. The molecule has 0 saturated heterocycles. The van der Waals surface area contributed by atoms with Crippen molar-refractivity contribution in [1.82, 2.24) is 0 Å². The third-order valence-electron chi connectivity index (χ3n) is 1.09. The van der Waals surface area contributed by atoms with Gasteiger partial charge >= 0.3 is 4.17 Å². The molecule has 1 N–H and O–H groups in total. The van der Waals surface area contributed by atoms with Crippen LogP contribution in [0.3, 0.4) is 0 Å². The van der Waals surface area contributed by atoms with Gasteiger partial charge in [-0.2, -0.15) is 4.57 Å². The SMILES string of the molecule is N=NC(I)[n+]1ccccc1. The van der Waals surface area contributed by atoms with E-state index in [0.717, 1.165) is 0 Å². The average Bonchev–Trinajstić information content (AvgIpc) is 2.05. The van der Waals surface area contributed by atoms with E-state index in [1.54, 1.807) is 0 Å². The first-order valence-electron chi connectivity index (χ1n) is 2.81. The zero-order valence-electron chi connectivity index (χ0n) is 5.24. The molecule has 0 aliphatic heterocycles. The van der Waals surface area contributed by atoms with E-state index in [2.05, 4.69) is 27.7 Å². The Balaban J connectivity index is 2.84. The number of pyridine rings is 1. The number of aromatic nitrogens is 1. The summed E-state index contributed by atoms with van der Waals surface area (Å²) < 4.78 is 1.74. The van der Waals surface area contributed by atoms with Gasteiger partial charge in [0.1, 0.15) is 0 Å². The molecule has 0 fully saturated rings. The van der Waals surface area contributed by atoms with Crippen molar-refractivity contribution in [2.75, 3.05) is 0 Å². The van der Waals surface area contributed by atoms with Gasteiger partial charge in [-0.25, -0.2) is 5.53 Å². The van der Waals surface area contributed by atoms with E-state index in [-0.39, 0.29) is 4.17 Å². The molecule has 0 spiro atoms. The quantitative estimate of drug-likeness (QED) is 0.273. The normalized spacial score (nSPS) is 12.5. The summed E-state index contributed by atoms with van der Waals surface area (Å²) in [6, 6.07) is 5.76. The van der Waals surface area contributed by atoms with Crippen LogP contribution in [0.15, 0.2) is 35.7 Å². The van der Waals surface area contributed by atoms with Crippen LogP contribution in [0.2, 0.25) is 0 Å². The van der Waals surface area contributed by atoms with Gasteiger partial charge in [0.15, 0.2) is 12.4 Å². The molecule has 1 heterocycles. The summed E-state index contributed by atoms with van der Waals surface area (Å²) in [5.41, 5.74) is 6.74. The van der Waals surface area contributed by atoms with Crippen LogP contribution < -0.4 is 4.57 Å². The van der Waals surface area contributed by atoms with Crippen molar-refractivity contribution in [1.29, 1.82) is 5.53 Å². The molecule has 1 atom stereocenters. The number of hydrogen-bond acceptors (Lipinski definition) is 2. The van der Waals surface area contributed by atoms with E-state index in [0.29, 0.717) is 0 Å². The lowest BCUT2D eigenvalue weighted by Gasteiger charge is -1.94. The lowest BCUT2D eigenvalue weighted by molar-refractivity contribution is -0.694. The minimum atomic E-state index is -0.112. The predicted octanol–water partition coefficient (Wildman–Crippen LogP) is 1.90.